The summed E-state index contributed by atoms with van der Waals surface area (Å²) in [6.07, 6.45) is -4.55. The van der Waals surface area contributed by atoms with E-state index in [-0.39, 0.29) is 11.6 Å². The molecule has 10 heteroatoms. The third-order valence-corrected chi connectivity index (χ3v) is 3.12. The average Bonchev–Trinajstić information content (AvgIpc) is 2.52. The molecule has 25 heavy (non-hydrogen) atoms. The molecule has 0 radical (unpaired) electrons. The van der Waals surface area contributed by atoms with Crippen LogP contribution in [0.1, 0.15) is 19.4 Å². The zero-order valence-corrected chi connectivity index (χ0v) is 13.6. The van der Waals surface area contributed by atoms with Crippen molar-refractivity contribution in [3.8, 4) is 5.88 Å². The molecule has 0 unspecified atom stereocenters. The van der Waals surface area contributed by atoms with Crippen LogP contribution in [0.4, 0.5) is 30.5 Å². The van der Waals surface area contributed by atoms with Crippen molar-refractivity contribution in [2.45, 2.75) is 26.1 Å². The van der Waals surface area contributed by atoms with E-state index >= 15 is 0 Å². The number of halogens is 3. The van der Waals surface area contributed by atoms with Gasteiger partial charge < -0.3 is 9.64 Å². The van der Waals surface area contributed by atoms with Gasteiger partial charge >= 0.3 is 6.18 Å². The molecule has 0 saturated carbocycles. The summed E-state index contributed by atoms with van der Waals surface area (Å²) in [7, 11) is 1.49. The van der Waals surface area contributed by atoms with Crippen LogP contribution in [0, 0.1) is 10.1 Å². The van der Waals surface area contributed by atoms with Gasteiger partial charge in [0.15, 0.2) is 0 Å². The van der Waals surface area contributed by atoms with Gasteiger partial charge in [-0.25, -0.2) is 4.98 Å². The highest BCUT2D eigenvalue weighted by molar-refractivity contribution is 5.60. The third kappa shape index (κ3) is 4.34. The van der Waals surface area contributed by atoms with E-state index in [1.165, 1.54) is 30.1 Å². The van der Waals surface area contributed by atoms with Gasteiger partial charge in [0.2, 0.25) is 11.8 Å². The molecule has 2 aromatic rings. The zero-order chi connectivity index (χ0) is 18.8. The standard InChI is InChI=1S/C15H15F3N4O3/c1-9(2)25-13-12(15(16,17)18)8-19-14(20-13)21(3)10-5-4-6-11(7-10)22(23)24/h4-9H,1-3H3. The fourth-order valence-electron chi connectivity index (χ4n) is 1.96. The summed E-state index contributed by atoms with van der Waals surface area (Å²) in [4.78, 5) is 19.2. The van der Waals surface area contributed by atoms with Crippen molar-refractivity contribution in [3.05, 3.63) is 46.1 Å². The highest BCUT2D eigenvalue weighted by Gasteiger charge is 2.36. The quantitative estimate of drug-likeness (QED) is 0.596. The van der Waals surface area contributed by atoms with E-state index < -0.39 is 28.6 Å². The van der Waals surface area contributed by atoms with Gasteiger partial charge in [-0.05, 0) is 19.9 Å². The van der Waals surface area contributed by atoms with Crippen molar-refractivity contribution in [2.24, 2.45) is 0 Å². The maximum absolute atomic E-state index is 13.0. The Morgan fingerprint density at radius 2 is 2.00 bits per heavy atom. The lowest BCUT2D eigenvalue weighted by molar-refractivity contribution is -0.384. The summed E-state index contributed by atoms with van der Waals surface area (Å²) in [6, 6.07) is 5.58. The van der Waals surface area contributed by atoms with Gasteiger partial charge in [-0.3, -0.25) is 10.1 Å². The van der Waals surface area contributed by atoms with Crippen LogP contribution >= 0.6 is 0 Å². The van der Waals surface area contributed by atoms with E-state index in [1.54, 1.807) is 19.9 Å². The first kappa shape index (κ1) is 18.4. The number of rotatable bonds is 5. The minimum Gasteiger partial charge on any atom is -0.474 e. The van der Waals surface area contributed by atoms with Crippen molar-refractivity contribution < 1.29 is 22.8 Å². The number of nitrogens with zero attached hydrogens (tertiary/aromatic N) is 4. The lowest BCUT2D eigenvalue weighted by atomic mass is 10.2. The Morgan fingerprint density at radius 3 is 2.56 bits per heavy atom. The molecule has 0 amide bonds. The molecular formula is C15H15F3N4O3. The molecule has 0 saturated heterocycles. The Hall–Kier alpha value is -2.91. The van der Waals surface area contributed by atoms with Crippen LogP contribution in [0.25, 0.3) is 0 Å². The predicted molar refractivity (Wildman–Crippen MR) is 84.0 cm³/mol. The van der Waals surface area contributed by atoms with Gasteiger partial charge in [-0.2, -0.15) is 18.2 Å². The van der Waals surface area contributed by atoms with Gasteiger partial charge in [0.1, 0.15) is 5.56 Å². The van der Waals surface area contributed by atoms with Crippen LogP contribution in [0.3, 0.4) is 0 Å². The summed E-state index contributed by atoms with van der Waals surface area (Å²) in [5, 5.41) is 10.9. The maximum Gasteiger partial charge on any atom is 0.423 e. The number of hydrogen-bond donors (Lipinski definition) is 0. The zero-order valence-electron chi connectivity index (χ0n) is 13.6. The Balaban J connectivity index is 2.45. The summed E-state index contributed by atoms with van der Waals surface area (Å²) in [6.45, 7) is 3.15. The molecule has 1 aromatic carbocycles. The van der Waals surface area contributed by atoms with E-state index in [4.69, 9.17) is 4.74 Å². The number of hydrogen-bond acceptors (Lipinski definition) is 6. The molecule has 0 N–H and O–H groups in total. The Morgan fingerprint density at radius 1 is 1.32 bits per heavy atom. The fraction of sp³-hybridized carbons (Fsp3) is 0.333. The molecule has 2 rings (SSSR count). The van der Waals surface area contributed by atoms with Crippen LogP contribution in [-0.4, -0.2) is 28.0 Å². The third-order valence-electron chi connectivity index (χ3n) is 3.12. The maximum atomic E-state index is 13.0. The fourth-order valence-corrected chi connectivity index (χ4v) is 1.96. The molecule has 134 valence electrons. The number of anilines is 2. The van der Waals surface area contributed by atoms with Crippen molar-refractivity contribution in [3.63, 3.8) is 0 Å². The molecule has 0 bridgehead atoms. The number of nitro benzene ring substituents is 1. The van der Waals surface area contributed by atoms with Crippen LogP contribution in [-0.2, 0) is 6.18 Å². The Kier molecular flexibility index (Phi) is 5.10. The van der Waals surface area contributed by atoms with Gasteiger partial charge in [-0.1, -0.05) is 6.07 Å². The van der Waals surface area contributed by atoms with Crippen LogP contribution < -0.4 is 9.64 Å². The first-order valence-electron chi connectivity index (χ1n) is 7.18. The topological polar surface area (TPSA) is 81.4 Å². The lowest BCUT2D eigenvalue weighted by Crippen LogP contribution is -2.19. The number of aromatic nitrogens is 2. The first-order valence-corrected chi connectivity index (χ1v) is 7.18. The number of nitro groups is 1. The Bertz CT molecular complexity index is 781. The molecule has 0 atom stereocenters. The van der Waals surface area contributed by atoms with Crippen LogP contribution in [0.5, 0.6) is 5.88 Å². The van der Waals surface area contributed by atoms with E-state index in [1.807, 2.05) is 0 Å². The second-order valence-corrected chi connectivity index (χ2v) is 5.39. The lowest BCUT2D eigenvalue weighted by Gasteiger charge is -2.20. The van der Waals surface area contributed by atoms with Crippen molar-refractivity contribution in [1.82, 2.24) is 9.97 Å². The number of alkyl halides is 3. The van der Waals surface area contributed by atoms with E-state index in [0.29, 0.717) is 11.9 Å². The molecular weight excluding hydrogens is 341 g/mol. The van der Waals surface area contributed by atoms with Crippen molar-refractivity contribution >= 4 is 17.3 Å². The Labute approximate surface area is 141 Å². The summed E-state index contributed by atoms with van der Waals surface area (Å²) in [5.74, 6) is -0.672. The molecule has 1 heterocycles. The molecule has 0 aliphatic heterocycles. The van der Waals surface area contributed by atoms with Gasteiger partial charge in [0.05, 0.1) is 16.7 Å². The van der Waals surface area contributed by atoms with Crippen molar-refractivity contribution in [2.75, 3.05) is 11.9 Å². The number of non-ortho nitro benzene ring substituents is 1. The first-order chi connectivity index (χ1) is 11.6. The summed E-state index contributed by atoms with van der Waals surface area (Å²) < 4.78 is 44.3. The largest absolute Gasteiger partial charge is 0.474 e. The van der Waals surface area contributed by atoms with Gasteiger partial charge in [-0.15, -0.1) is 0 Å². The number of ether oxygens (including phenoxy) is 1. The SMILES string of the molecule is CC(C)Oc1nc(N(C)c2cccc([N+](=O)[O-])c2)ncc1C(F)(F)F. The average molecular weight is 356 g/mol. The van der Waals surface area contributed by atoms with Crippen LogP contribution in [0.2, 0.25) is 0 Å². The van der Waals surface area contributed by atoms with Gasteiger partial charge in [0, 0.05) is 25.4 Å². The smallest absolute Gasteiger partial charge is 0.423 e. The molecule has 7 nitrogen and oxygen atoms in total. The number of benzene rings is 1. The highest BCUT2D eigenvalue weighted by Crippen LogP contribution is 2.36. The highest BCUT2D eigenvalue weighted by atomic mass is 19.4. The van der Waals surface area contributed by atoms with Crippen molar-refractivity contribution in [1.29, 1.82) is 0 Å². The molecule has 1 aromatic heterocycles. The predicted octanol–water partition coefficient (Wildman–Crippen LogP) is 3.96. The second kappa shape index (κ2) is 6.91. The summed E-state index contributed by atoms with van der Waals surface area (Å²) >= 11 is 0. The van der Waals surface area contributed by atoms with E-state index in [2.05, 4.69) is 9.97 Å². The second-order valence-electron chi connectivity index (χ2n) is 5.39. The van der Waals surface area contributed by atoms with E-state index in [0.717, 1.165) is 0 Å². The molecule has 0 fully saturated rings. The van der Waals surface area contributed by atoms with Crippen LogP contribution in [0.15, 0.2) is 30.5 Å². The monoisotopic (exact) mass is 356 g/mol. The van der Waals surface area contributed by atoms with E-state index in [9.17, 15) is 23.3 Å². The minimum atomic E-state index is -4.66. The molecule has 0 aliphatic carbocycles. The molecule has 0 spiro atoms. The summed E-state index contributed by atoms with van der Waals surface area (Å²) in [5.41, 5.74) is -0.892. The normalized spacial score (nSPS) is 11.5. The minimum absolute atomic E-state index is 0.0795. The molecule has 0 aliphatic rings. The van der Waals surface area contributed by atoms with Gasteiger partial charge in [0.25, 0.3) is 5.69 Å².